The Kier molecular flexibility index (Phi) is 3.73. The first-order chi connectivity index (χ1) is 6.49. The number of carbonyl (C=O) groups excluding carboxylic acids is 1. The number of carbonyl (C=O) groups is 1. The van der Waals surface area contributed by atoms with E-state index in [0.29, 0.717) is 17.4 Å². The van der Waals surface area contributed by atoms with Gasteiger partial charge in [-0.05, 0) is 38.0 Å². The van der Waals surface area contributed by atoms with E-state index >= 15 is 0 Å². The van der Waals surface area contributed by atoms with Gasteiger partial charge in [0, 0.05) is 5.57 Å². The number of ether oxygens (including phenoxy) is 1. The molecule has 0 aromatic carbocycles. The topological polar surface area (TPSA) is 26.3 Å². The minimum absolute atomic E-state index is 0.109. The van der Waals surface area contributed by atoms with Crippen LogP contribution in [0.2, 0.25) is 0 Å². The molecule has 1 aliphatic carbocycles. The summed E-state index contributed by atoms with van der Waals surface area (Å²) in [6, 6.07) is 0. The zero-order chi connectivity index (χ0) is 10.7. The van der Waals surface area contributed by atoms with Gasteiger partial charge in [0.25, 0.3) is 0 Å². The zero-order valence-electron chi connectivity index (χ0n) is 9.38. The second-order valence-corrected chi connectivity index (χ2v) is 4.73. The number of hydrogen-bond acceptors (Lipinski definition) is 2. The lowest BCUT2D eigenvalue weighted by atomic mass is 9.82. The average molecular weight is 196 g/mol. The summed E-state index contributed by atoms with van der Waals surface area (Å²) in [6.45, 7) is 9.72. The summed E-state index contributed by atoms with van der Waals surface area (Å²) in [5.74, 6) is 1.10. The molecular weight excluding hydrogens is 176 g/mol. The lowest BCUT2D eigenvalue weighted by Gasteiger charge is -2.31. The molecule has 0 saturated heterocycles. The van der Waals surface area contributed by atoms with Crippen molar-refractivity contribution >= 4 is 5.97 Å². The van der Waals surface area contributed by atoms with Crippen molar-refractivity contribution in [2.45, 2.75) is 46.1 Å². The quantitative estimate of drug-likeness (QED) is 0.501. The van der Waals surface area contributed by atoms with Gasteiger partial charge in [-0.1, -0.05) is 20.4 Å². The van der Waals surface area contributed by atoms with Gasteiger partial charge in [-0.2, -0.15) is 0 Å². The molecular formula is C12H20O2. The molecule has 2 unspecified atom stereocenters. The summed E-state index contributed by atoms with van der Waals surface area (Å²) in [5, 5.41) is 0. The van der Waals surface area contributed by atoms with E-state index in [9.17, 15) is 4.79 Å². The largest absolute Gasteiger partial charge is 0.459 e. The van der Waals surface area contributed by atoms with Crippen molar-refractivity contribution in [2.75, 3.05) is 0 Å². The SMILES string of the molecule is C=C(C)C(=O)OC1CC(C)CC(C)C1. The summed E-state index contributed by atoms with van der Waals surface area (Å²) < 4.78 is 5.36. The van der Waals surface area contributed by atoms with Crippen molar-refractivity contribution in [3.8, 4) is 0 Å². The van der Waals surface area contributed by atoms with E-state index < -0.39 is 0 Å². The fraction of sp³-hybridized carbons (Fsp3) is 0.750. The lowest BCUT2D eigenvalue weighted by molar-refractivity contribution is -0.147. The molecule has 0 aromatic heterocycles. The average Bonchev–Trinajstić information content (AvgIpc) is 2.01. The van der Waals surface area contributed by atoms with Gasteiger partial charge >= 0.3 is 5.97 Å². The standard InChI is InChI=1S/C12H20O2/c1-8(2)12(13)14-11-6-9(3)5-10(4)7-11/h9-11H,1,5-7H2,2-4H3. The maximum absolute atomic E-state index is 11.3. The third kappa shape index (κ3) is 3.17. The van der Waals surface area contributed by atoms with E-state index in [2.05, 4.69) is 20.4 Å². The Balaban J connectivity index is 2.44. The van der Waals surface area contributed by atoms with Crippen LogP contribution in [0.25, 0.3) is 0 Å². The van der Waals surface area contributed by atoms with Gasteiger partial charge in [0.2, 0.25) is 0 Å². The molecule has 1 saturated carbocycles. The summed E-state index contributed by atoms with van der Waals surface area (Å²) in [6.07, 6.45) is 3.37. The van der Waals surface area contributed by atoms with Gasteiger partial charge in [-0.15, -0.1) is 0 Å². The Morgan fingerprint density at radius 2 is 1.71 bits per heavy atom. The highest BCUT2D eigenvalue weighted by atomic mass is 16.5. The maximum Gasteiger partial charge on any atom is 0.333 e. The molecule has 0 radical (unpaired) electrons. The molecule has 0 spiro atoms. The third-order valence-corrected chi connectivity index (χ3v) is 2.76. The monoisotopic (exact) mass is 196 g/mol. The maximum atomic E-state index is 11.3. The summed E-state index contributed by atoms with van der Waals surface area (Å²) in [4.78, 5) is 11.3. The molecule has 14 heavy (non-hydrogen) atoms. The van der Waals surface area contributed by atoms with Crippen molar-refractivity contribution < 1.29 is 9.53 Å². The highest BCUT2D eigenvalue weighted by Gasteiger charge is 2.26. The van der Waals surface area contributed by atoms with Crippen molar-refractivity contribution in [3.05, 3.63) is 12.2 Å². The van der Waals surface area contributed by atoms with E-state index in [0.717, 1.165) is 12.8 Å². The molecule has 80 valence electrons. The van der Waals surface area contributed by atoms with Gasteiger partial charge in [0.15, 0.2) is 0 Å². The molecule has 0 aliphatic heterocycles. The van der Waals surface area contributed by atoms with Crippen molar-refractivity contribution in [1.29, 1.82) is 0 Å². The number of esters is 1. The fourth-order valence-electron chi connectivity index (χ4n) is 2.22. The van der Waals surface area contributed by atoms with Gasteiger partial charge < -0.3 is 4.74 Å². The van der Waals surface area contributed by atoms with Crippen LogP contribution in [0, 0.1) is 11.8 Å². The Labute approximate surface area is 86.3 Å². The van der Waals surface area contributed by atoms with E-state index in [-0.39, 0.29) is 12.1 Å². The smallest absolute Gasteiger partial charge is 0.333 e. The van der Waals surface area contributed by atoms with Gasteiger partial charge in [-0.25, -0.2) is 4.79 Å². The predicted octanol–water partition coefficient (Wildman–Crippen LogP) is 2.93. The molecule has 0 aromatic rings. The summed E-state index contributed by atoms with van der Waals surface area (Å²) in [5.41, 5.74) is 0.496. The van der Waals surface area contributed by atoms with Crippen LogP contribution in [-0.2, 0) is 9.53 Å². The number of hydrogen-bond donors (Lipinski definition) is 0. The van der Waals surface area contributed by atoms with E-state index in [4.69, 9.17) is 4.74 Å². The van der Waals surface area contributed by atoms with E-state index in [1.165, 1.54) is 6.42 Å². The van der Waals surface area contributed by atoms with Crippen LogP contribution in [0.3, 0.4) is 0 Å². The van der Waals surface area contributed by atoms with E-state index in [1.54, 1.807) is 6.92 Å². The van der Waals surface area contributed by atoms with Crippen LogP contribution >= 0.6 is 0 Å². The first-order valence-corrected chi connectivity index (χ1v) is 5.35. The third-order valence-electron chi connectivity index (χ3n) is 2.76. The Morgan fingerprint density at radius 1 is 1.21 bits per heavy atom. The van der Waals surface area contributed by atoms with Crippen LogP contribution in [0.15, 0.2) is 12.2 Å². The fourth-order valence-corrected chi connectivity index (χ4v) is 2.22. The second kappa shape index (κ2) is 4.63. The van der Waals surface area contributed by atoms with Crippen LogP contribution in [0.1, 0.15) is 40.0 Å². The van der Waals surface area contributed by atoms with Gasteiger partial charge in [0.1, 0.15) is 6.10 Å². The first-order valence-electron chi connectivity index (χ1n) is 5.35. The van der Waals surface area contributed by atoms with Crippen LogP contribution in [0.5, 0.6) is 0 Å². The van der Waals surface area contributed by atoms with Crippen molar-refractivity contribution in [1.82, 2.24) is 0 Å². The molecule has 0 N–H and O–H groups in total. The summed E-state index contributed by atoms with van der Waals surface area (Å²) in [7, 11) is 0. The predicted molar refractivity (Wildman–Crippen MR) is 56.9 cm³/mol. The van der Waals surface area contributed by atoms with E-state index in [1.807, 2.05) is 0 Å². The molecule has 2 nitrogen and oxygen atoms in total. The van der Waals surface area contributed by atoms with Crippen LogP contribution in [0.4, 0.5) is 0 Å². The highest BCUT2D eigenvalue weighted by molar-refractivity contribution is 5.87. The van der Waals surface area contributed by atoms with Gasteiger partial charge in [0.05, 0.1) is 0 Å². The zero-order valence-corrected chi connectivity index (χ0v) is 9.38. The molecule has 1 fully saturated rings. The molecule has 1 rings (SSSR count). The highest BCUT2D eigenvalue weighted by Crippen LogP contribution is 2.30. The Bertz CT molecular complexity index is 222. The molecule has 0 amide bonds. The first kappa shape index (κ1) is 11.3. The minimum Gasteiger partial charge on any atom is -0.459 e. The van der Waals surface area contributed by atoms with Crippen molar-refractivity contribution in [3.63, 3.8) is 0 Å². The van der Waals surface area contributed by atoms with Crippen LogP contribution in [-0.4, -0.2) is 12.1 Å². The molecule has 2 heteroatoms. The Morgan fingerprint density at radius 3 is 2.14 bits per heavy atom. The van der Waals surface area contributed by atoms with Crippen LogP contribution < -0.4 is 0 Å². The van der Waals surface area contributed by atoms with Crippen molar-refractivity contribution in [2.24, 2.45) is 11.8 Å². The normalized spacial score (nSPS) is 32.4. The molecule has 0 heterocycles. The second-order valence-electron chi connectivity index (χ2n) is 4.73. The van der Waals surface area contributed by atoms with Gasteiger partial charge in [-0.3, -0.25) is 0 Å². The molecule has 1 aliphatic rings. The molecule has 0 bridgehead atoms. The molecule has 2 atom stereocenters. The Hall–Kier alpha value is -0.790. The number of rotatable bonds is 2. The minimum atomic E-state index is -0.240. The lowest BCUT2D eigenvalue weighted by Crippen LogP contribution is -2.28. The summed E-state index contributed by atoms with van der Waals surface area (Å²) >= 11 is 0.